The monoisotopic (exact) mass is 593 g/mol. The molecule has 1 N–H and O–H groups in total. The maximum Gasteiger partial charge on any atom is 0.264 e. The number of benzene rings is 3. The summed E-state index contributed by atoms with van der Waals surface area (Å²) >= 11 is 12.2. The third-order valence-corrected chi connectivity index (χ3v) is 8.25. The van der Waals surface area contributed by atoms with Gasteiger partial charge in [0.25, 0.3) is 10.0 Å². The summed E-state index contributed by atoms with van der Waals surface area (Å²) in [5.74, 6) is -1.99. The molecular weight excluding hydrogens is 564 g/mol. The average Bonchev–Trinajstić information content (AvgIpc) is 2.87. The number of carbonyl (C=O) groups excluding carboxylic acids is 2. The van der Waals surface area contributed by atoms with E-state index in [1.54, 1.807) is 45.0 Å². The molecule has 208 valence electrons. The Morgan fingerprint density at radius 1 is 0.949 bits per heavy atom. The molecule has 0 aliphatic carbocycles. The molecule has 3 aromatic carbocycles. The number of amides is 2. The minimum Gasteiger partial charge on any atom is -0.350 e. The third kappa shape index (κ3) is 7.71. The Kier molecular flexibility index (Phi) is 9.64. The number of nitrogens with zero attached hydrogens (tertiary/aromatic N) is 2. The van der Waals surface area contributed by atoms with Crippen molar-refractivity contribution in [2.45, 2.75) is 50.7 Å². The molecule has 0 aromatic heterocycles. The minimum atomic E-state index is -4.36. The van der Waals surface area contributed by atoms with Crippen molar-refractivity contribution in [1.82, 2.24) is 10.2 Å². The van der Waals surface area contributed by atoms with Crippen molar-refractivity contribution in [3.8, 4) is 0 Å². The SMILES string of the molecule is CC(C(=O)NC(C)(C)C)N(Cc1ccc(Cl)c(Cl)c1)C(=O)CN(c1ccccc1F)S(=O)(=O)c1ccccc1. The summed E-state index contributed by atoms with van der Waals surface area (Å²) < 4.78 is 42.9. The van der Waals surface area contributed by atoms with Gasteiger partial charge in [0, 0.05) is 12.1 Å². The zero-order chi connectivity index (χ0) is 29.0. The van der Waals surface area contributed by atoms with Gasteiger partial charge in [-0.2, -0.15) is 0 Å². The van der Waals surface area contributed by atoms with Crippen molar-refractivity contribution < 1.29 is 22.4 Å². The van der Waals surface area contributed by atoms with E-state index in [2.05, 4.69) is 5.32 Å². The van der Waals surface area contributed by atoms with Gasteiger partial charge in [-0.25, -0.2) is 12.8 Å². The zero-order valence-corrected chi connectivity index (χ0v) is 24.3. The molecule has 0 aliphatic rings. The van der Waals surface area contributed by atoms with Crippen LogP contribution in [0.25, 0.3) is 0 Å². The summed E-state index contributed by atoms with van der Waals surface area (Å²) in [7, 11) is -4.36. The lowest BCUT2D eigenvalue weighted by atomic mass is 10.1. The van der Waals surface area contributed by atoms with Crippen LogP contribution in [0.3, 0.4) is 0 Å². The molecule has 7 nitrogen and oxygen atoms in total. The van der Waals surface area contributed by atoms with Crippen molar-refractivity contribution in [3.63, 3.8) is 0 Å². The summed E-state index contributed by atoms with van der Waals surface area (Å²) in [6, 6.07) is 16.5. The Balaban J connectivity index is 2.05. The van der Waals surface area contributed by atoms with Crippen LogP contribution < -0.4 is 9.62 Å². The first-order chi connectivity index (χ1) is 18.2. The summed E-state index contributed by atoms with van der Waals surface area (Å²) in [6.45, 7) is 6.10. The van der Waals surface area contributed by atoms with E-state index >= 15 is 0 Å². The molecule has 1 atom stereocenters. The van der Waals surface area contributed by atoms with Crippen molar-refractivity contribution in [3.05, 3.63) is 94.2 Å². The number of halogens is 3. The summed E-state index contributed by atoms with van der Waals surface area (Å²) in [5, 5.41) is 3.41. The number of para-hydroxylation sites is 1. The molecule has 39 heavy (non-hydrogen) atoms. The smallest absolute Gasteiger partial charge is 0.264 e. The molecule has 3 aromatic rings. The number of nitrogens with one attached hydrogen (secondary N) is 1. The first kappa shape index (κ1) is 30.4. The van der Waals surface area contributed by atoms with Gasteiger partial charge in [-0.05, 0) is 69.7 Å². The van der Waals surface area contributed by atoms with Crippen LogP contribution in [0.15, 0.2) is 77.7 Å². The predicted molar refractivity (Wildman–Crippen MR) is 152 cm³/mol. The number of carbonyl (C=O) groups is 2. The fraction of sp³-hybridized carbons (Fsp3) is 0.286. The van der Waals surface area contributed by atoms with Crippen LogP contribution in [0.4, 0.5) is 10.1 Å². The van der Waals surface area contributed by atoms with Gasteiger partial charge in [0.1, 0.15) is 18.4 Å². The molecule has 0 saturated heterocycles. The first-order valence-electron chi connectivity index (χ1n) is 12.1. The lowest BCUT2D eigenvalue weighted by molar-refractivity contribution is -0.140. The topological polar surface area (TPSA) is 86.8 Å². The van der Waals surface area contributed by atoms with Crippen LogP contribution >= 0.6 is 23.2 Å². The highest BCUT2D eigenvalue weighted by Crippen LogP contribution is 2.28. The van der Waals surface area contributed by atoms with Crippen molar-refractivity contribution in [2.75, 3.05) is 10.8 Å². The lowest BCUT2D eigenvalue weighted by Crippen LogP contribution is -2.54. The molecule has 0 heterocycles. The summed E-state index contributed by atoms with van der Waals surface area (Å²) in [5.41, 5.74) is -0.313. The Labute approximate surface area is 238 Å². The standard InChI is InChI=1S/C28H30Cl2FN3O4S/c1-19(27(36)32-28(2,3)4)33(17-20-14-15-22(29)23(30)16-20)26(35)18-34(25-13-9-8-12-24(25)31)39(37,38)21-10-6-5-7-11-21/h5-16,19H,17-18H2,1-4H3,(H,32,36). The zero-order valence-electron chi connectivity index (χ0n) is 22.0. The van der Waals surface area contributed by atoms with Crippen LogP contribution in [0.5, 0.6) is 0 Å². The summed E-state index contributed by atoms with van der Waals surface area (Å²) in [4.78, 5) is 28.1. The minimum absolute atomic E-state index is 0.0784. The van der Waals surface area contributed by atoms with Gasteiger partial charge in [-0.1, -0.05) is 59.6 Å². The average molecular weight is 595 g/mol. The number of sulfonamides is 1. The van der Waals surface area contributed by atoms with Gasteiger partial charge >= 0.3 is 0 Å². The van der Waals surface area contributed by atoms with E-state index in [1.807, 2.05) is 0 Å². The van der Waals surface area contributed by atoms with Crippen LogP contribution in [-0.4, -0.2) is 43.3 Å². The molecule has 0 fully saturated rings. The second-order valence-electron chi connectivity index (χ2n) is 9.96. The van der Waals surface area contributed by atoms with E-state index in [-0.39, 0.29) is 22.2 Å². The first-order valence-corrected chi connectivity index (χ1v) is 14.3. The van der Waals surface area contributed by atoms with Crippen molar-refractivity contribution in [1.29, 1.82) is 0 Å². The molecule has 0 radical (unpaired) electrons. The normalized spacial score (nSPS) is 12.5. The van der Waals surface area contributed by atoms with E-state index in [1.165, 1.54) is 54.3 Å². The highest BCUT2D eigenvalue weighted by molar-refractivity contribution is 7.92. The summed E-state index contributed by atoms with van der Waals surface area (Å²) in [6.07, 6.45) is 0. The number of anilines is 1. The highest BCUT2D eigenvalue weighted by Gasteiger charge is 2.34. The molecule has 2 amide bonds. The van der Waals surface area contributed by atoms with Gasteiger partial charge in [-0.3, -0.25) is 13.9 Å². The van der Waals surface area contributed by atoms with Gasteiger partial charge < -0.3 is 10.2 Å². The van der Waals surface area contributed by atoms with E-state index < -0.39 is 45.8 Å². The Morgan fingerprint density at radius 2 is 1.56 bits per heavy atom. The maximum atomic E-state index is 14.9. The number of hydrogen-bond acceptors (Lipinski definition) is 4. The third-order valence-electron chi connectivity index (χ3n) is 5.73. The van der Waals surface area contributed by atoms with Crippen molar-refractivity contribution >= 4 is 50.7 Å². The van der Waals surface area contributed by atoms with Gasteiger partial charge in [0.15, 0.2) is 0 Å². The Bertz CT molecular complexity index is 1450. The van der Waals surface area contributed by atoms with Crippen LogP contribution in [0, 0.1) is 5.82 Å². The fourth-order valence-electron chi connectivity index (χ4n) is 3.78. The Hall–Kier alpha value is -3.14. The molecule has 0 bridgehead atoms. The van der Waals surface area contributed by atoms with E-state index in [0.29, 0.717) is 10.6 Å². The van der Waals surface area contributed by atoms with Gasteiger partial charge in [-0.15, -0.1) is 0 Å². The molecular formula is C28H30Cl2FN3O4S. The second kappa shape index (κ2) is 12.4. The lowest BCUT2D eigenvalue weighted by Gasteiger charge is -2.33. The molecule has 11 heteroatoms. The number of hydrogen-bond donors (Lipinski definition) is 1. The second-order valence-corrected chi connectivity index (χ2v) is 12.6. The Morgan fingerprint density at radius 3 is 2.15 bits per heavy atom. The quantitative estimate of drug-likeness (QED) is 0.347. The van der Waals surface area contributed by atoms with E-state index in [0.717, 1.165) is 10.4 Å². The molecule has 0 saturated carbocycles. The number of rotatable bonds is 9. The highest BCUT2D eigenvalue weighted by atomic mass is 35.5. The van der Waals surface area contributed by atoms with Crippen molar-refractivity contribution in [2.24, 2.45) is 0 Å². The van der Waals surface area contributed by atoms with Crippen LogP contribution in [0.1, 0.15) is 33.3 Å². The van der Waals surface area contributed by atoms with Gasteiger partial charge in [0.2, 0.25) is 11.8 Å². The maximum absolute atomic E-state index is 14.9. The molecule has 1 unspecified atom stereocenters. The van der Waals surface area contributed by atoms with E-state index in [4.69, 9.17) is 23.2 Å². The molecule has 3 rings (SSSR count). The van der Waals surface area contributed by atoms with E-state index in [9.17, 15) is 22.4 Å². The molecule has 0 spiro atoms. The predicted octanol–water partition coefficient (Wildman–Crippen LogP) is 5.66. The van der Waals surface area contributed by atoms with Crippen LogP contribution in [-0.2, 0) is 26.2 Å². The fourth-order valence-corrected chi connectivity index (χ4v) is 5.54. The molecule has 0 aliphatic heterocycles. The van der Waals surface area contributed by atoms with Gasteiger partial charge in [0.05, 0.1) is 20.6 Å². The largest absolute Gasteiger partial charge is 0.350 e. The van der Waals surface area contributed by atoms with Crippen LogP contribution in [0.2, 0.25) is 10.0 Å².